The van der Waals surface area contributed by atoms with Crippen molar-refractivity contribution in [3.63, 3.8) is 0 Å². The van der Waals surface area contributed by atoms with Crippen molar-refractivity contribution < 1.29 is 0 Å². The fourth-order valence-electron chi connectivity index (χ4n) is 3.97. The van der Waals surface area contributed by atoms with Gasteiger partial charge in [0, 0.05) is 41.1 Å². The van der Waals surface area contributed by atoms with Crippen LogP contribution >= 0.6 is 22.7 Å². The molecule has 3 aromatic carbocycles. The predicted octanol–water partition coefficient (Wildman–Crippen LogP) is 6.53. The molecule has 0 bridgehead atoms. The van der Waals surface area contributed by atoms with Gasteiger partial charge in [0.1, 0.15) is 0 Å². The topological polar surface area (TPSA) is 0 Å². The van der Waals surface area contributed by atoms with Crippen molar-refractivity contribution in [3.05, 3.63) is 31.6 Å². The highest BCUT2D eigenvalue weighted by Crippen LogP contribution is 2.50. The minimum absolute atomic E-state index is 1.47. The van der Waals surface area contributed by atoms with E-state index in [1.165, 1.54) is 62.6 Å². The van der Waals surface area contributed by atoms with Gasteiger partial charge in [-0.2, -0.15) is 0 Å². The van der Waals surface area contributed by atoms with Crippen LogP contribution in [-0.2, 0) is 0 Å². The molecule has 2 heteroatoms. The Kier molecular flexibility index (Phi) is 1.84. The van der Waals surface area contributed by atoms with E-state index >= 15 is 0 Å². The molecule has 5 rings (SSSR count). The predicted molar refractivity (Wildman–Crippen MR) is 93.5 cm³/mol. The Hall–Kier alpha value is -1.38. The van der Waals surface area contributed by atoms with E-state index < -0.39 is 0 Å². The van der Waals surface area contributed by atoms with Crippen LogP contribution in [0, 0.1) is 27.7 Å². The van der Waals surface area contributed by atoms with Gasteiger partial charge in [0.2, 0.25) is 0 Å². The molecule has 0 saturated carbocycles. The van der Waals surface area contributed by atoms with Crippen LogP contribution in [0.4, 0.5) is 0 Å². The first-order valence-corrected chi connectivity index (χ1v) is 8.60. The number of rotatable bonds is 0. The zero-order valence-electron chi connectivity index (χ0n) is 12.0. The Morgan fingerprint density at radius 3 is 1.00 bits per heavy atom. The lowest BCUT2D eigenvalue weighted by atomic mass is 9.86. The Balaban J connectivity index is 2.03. The van der Waals surface area contributed by atoms with E-state index in [0.29, 0.717) is 0 Å². The summed E-state index contributed by atoms with van der Waals surface area (Å²) in [6.45, 7) is 9.02. The van der Waals surface area contributed by atoms with Crippen molar-refractivity contribution in [2.75, 3.05) is 0 Å². The first-order chi connectivity index (χ1) is 9.58. The maximum absolute atomic E-state index is 2.44. The summed E-state index contributed by atoms with van der Waals surface area (Å²) in [5, 5.41) is 12.0. The van der Waals surface area contributed by atoms with Crippen LogP contribution in [0.15, 0.2) is 12.1 Å². The highest BCUT2D eigenvalue weighted by molar-refractivity contribution is 7.14. The van der Waals surface area contributed by atoms with Gasteiger partial charge in [-0.25, -0.2) is 0 Å². The highest BCUT2D eigenvalue weighted by Gasteiger charge is 2.22. The summed E-state index contributed by atoms with van der Waals surface area (Å²) in [6.07, 6.45) is 0. The maximum Gasteiger partial charge on any atom is 0.0102 e. The molecule has 0 amide bonds. The van der Waals surface area contributed by atoms with Crippen molar-refractivity contribution in [1.82, 2.24) is 0 Å². The van der Waals surface area contributed by atoms with Gasteiger partial charge in [0.15, 0.2) is 0 Å². The highest BCUT2D eigenvalue weighted by atomic mass is 32.1. The normalized spacial score (nSPS) is 13.0. The van der Waals surface area contributed by atoms with Crippen molar-refractivity contribution in [3.8, 4) is 0 Å². The molecule has 0 atom stereocenters. The summed E-state index contributed by atoms with van der Waals surface area (Å²) in [4.78, 5) is 5.90. The summed E-state index contributed by atoms with van der Waals surface area (Å²) in [6, 6.07) is 4.88. The van der Waals surface area contributed by atoms with Crippen LogP contribution in [0.25, 0.3) is 43.1 Å². The molecule has 5 aromatic rings. The number of benzene rings is 1. The molecule has 98 valence electrons. The molecule has 0 radical (unpaired) electrons. The molecule has 0 nitrogen and oxygen atoms in total. The average Bonchev–Trinajstić information content (AvgIpc) is 2.71. The lowest BCUT2D eigenvalue weighted by Gasteiger charge is -2.16. The summed E-state index contributed by atoms with van der Waals surface area (Å²) >= 11 is 3.88. The SMILES string of the molecule is Cc1sc(C)c2c3cc4c(cc3c12)c1c(C)sc(C)c41. The van der Waals surface area contributed by atoms with Gasteiger partial charge in [-0.05, 0) is 61.4 Å². The minimum atomic E-state index is 1.47. The lowest BCUT2D eigenvalue weighted by molar-refractivity contribution is 1.68. The molecular weight excluding hydrogens is 280 g/mol. The van der Waals surface area contributed by atoms with Gasteiger partial charge in [-0.15, -0.1) is 22.7 Å². The summed E-state index contributed by atoms with van der Waals surface area (Å²) in [5.41, 5.74) is 0. The molecule has 0 spiro atoms. The van der Waals surface area contributed by atoms with E-state index in [1.807, 2.05) is 22.7 Å². The molecular formula is C18H14S2. The standard InChI is InChI=1S/C18H14S2/c1-7-15-11-5-13-14(6-12(11)16(15)8(2)19-7)18-10(4)20-9(3)17(13)18/h5-6H,1-4H3. The van der Waals surface area contributed by atoms with Crippen LogP contribution < -0.4 is 0 Å². The second-order valence-corrected chi connectivity index (χ2v) is 8.73. The van der Waals surface area contributed by atoms with Crippen LogP contribution in [0.3, 0.4) is 0 Å². The molecule has 0 aliphatic heterocycles. The first-order valence-electron chi connectivity index (χ1n) is 6.97. The van der Waals surface area contributed by atoms with Crippen LogP contribution in [-0.4, -0.2) is 0 Å². The van der Waals surface area contributed by atoms with Gasteiger partial charge >= 0.3 is 0 Å². The number of aryl methyl sites for hydroxylation is 4. The Labute approximate surface area is 125 Å². The van der Waals surface area contributed by atoms with Gasteiger partial charge in [-0.1, -0.05) is 0 Å². The van der Waals surface area contributed by atoms with Gasteiger partial charge in [0.25, 0.3) is 0 Å². The number of hydrogen-bond donors (Lipinski definition) is 0. The van der Waals surface area contributed by atoms with Crippen molar-refractivity contribution in [1.29, 1.82) is 0 Å². The van der Waals surface area contributed by atoms with Gasteiger partial charge in [0.05, 0.1) is 0 Å². The van der Waals surface area contributed by atoms with Crippen molar-refractivity contribution >= 4 is 65.8 Å². The Bertz CT molecular complexity index is 949. The van der Waals surface area contributed by atoms with E-state index in [4.69, 9.17) is 0 Å². The Morgan fingerprint density at radius 1 is 0.500 bits per heavy atom. The molecule has 2 heterocycles. The van der Waals surface area contributed by atoms with E-state index in [0.717, 1.165) is 0 Å². The zero-order chi connectivity index (χ0) is 13.8. The second kappa shape index (κ2) is 3.26. The molecule has 0 N–H and O–H groups in total. The molecule has 20 heavy (non-hydrogen) atoms. The molecule has 0 aliphatic rings. The third-order valence-electron chi connectivity index (χ3n) is 4.76. The second-order valence-electron chi connectivity index (χ2n) is 5.87. The molecule has 0 unspecified atom stereocenters. The minimum Gasteiger partial charge on any atom is -0.145 e. The van der Waals surface area contributed by atoms with E-state index in [2.05, 4.69) is 39.8 Å². The zero-order valence-corrected chi connectivity index (χ0v) is 13.6. The third kappa shape index (κ3) is 1.03. The number of hydrogen-bond acceptors (Lipinski definition) is 2. The van der Waals surface area contributed by atoms with Crippen molar-refractivity contribution in [2.45, 2.75) is 27.7 Å². The van der Waals surface area contributed by atoms with Crippen LogP contribution in [0.1, 0.15) is 19.5 Å². The Morgan fingerprint density at radius 2 is 0.750 bits per heavy atom. The fraction of sp³-hybridized carbons (Fsp3) is 0.222. The van der Waals surface area contributed by atoms with E-state index in [1.54, 1.807) is 0 Å². The monoisotopic (exact) mass is 294 g/mol. The quantitative estimate of drug-likeness (QED) is 0.304. The number of fused-ring (bicyclic) bond motifs is 8. The summed E-state index contributed by atoms with van der Waals surface area (Å²) in [5.74, 6) is 0. The summed E-state index contributed by atoms with van der Waals surface area (Å²) in [7, 11) is 0. The van der Waals surface area contributed by atoms with Crippen molar-refractivity contribution in [2.24, 2.45) is 0 Å². The molecule has 0 aliphatic carbocycles. The average molecular weight is 294 g/mol. The molecule has 0 fully saturated rings. The maximum atomic E-state index is 2.44. The number of thiophene rings is 2. The van der Waals surface area contributed by atoms with Crippen LogP contribution in [0.2, 0.25) is 0 Å². The molecule has 0 saturated heterocycles. The van der Waals surface area contributed by atoms with E-state index in [-0.39, 0.29) is 0 Å². The van der Waals surface area contributed by atoms with Gasteiger partial charge < -0.3 is 0 Å². The largest absolute Gasteiger partial charge is 0.145 e. The first kappa shape index (κ1) is 11.3. The third-order valence-corrected chi connectivity index (χ3v) is 6.80. The lowest BCUT2D eigenvalue weighted by Crippen LogP contribution is -1.89. The summed E-state index contributed by atoms with van der Waals surface area (Å²) < 4.78 is 0. The van der Waals surface area contributed by atoms with Crippen LogP contribution in [0.5, 0.6) is 0 Å². The smallest absolute Gasteiger partial charge is 0.0102 e. The van der Waals surface area contributed by atoms with Gasteiger partial charge in [-0.3, -0.25) is 0 Å². The van der Waals surface area contributed by atoms with E-state index in [9.17, 15) is 0 Å². The molecule has 2 aromatic heterocycles. The fourth-order valence-corrected chi connectivity index (χ4v) is 6.14.